The van der Waals surface area contributed by atoms with Crippen molar-refractivity contribution in [2.24, 2.45) is 21.7 Å². The SMILES string of the molecule is CC(C)(C)[C@H](O)CN1CCN(C[C@@H](O)C(C)(C)C)CCN(C[C@H](O)C(C)(C)C)CCN(C[C@H](O)C(C)(C)C)CC1. The molecule has 1 saturated heterocycles. The van der Waals surface area contributed by atoms with Crippen molar-refractivity contribution in [3.05, 3.63) is 0 Å². The molecule has 0 bridgehead atoms. The smallest absolute Gasteiger partial charge is 0.0715 e. The average molecular weight is 573 g/mol. The first-order chi connectivity index (χ1) is 18.0. The largest absolute Gasteiger partial charge is 0.391 e. The van der Waals surface area contributed by atoms with Crippen molar-refractivity contribution in [3.8, 4) is 0 Å². The molecule has 0 spiro atoms. The van der Waals surface area contributed by atoms with Crippen LogP contribution in [-0.2, 0) is 0 Å². The molecule has 8 nitrogen and oxygen atoms in total. The van der Waals surface area contributed by atoms with Crippen LogP contribution in [-0.4, -0.2) is 143 Å². The van der Waals surface area contributed by atoms with Gasteiger partial charge < -0.3 is 20.4 Å². The van der Waals surface area contributed by atoms with Gasteiger partial charge in [0.25, 0.3) is 0 Å². The van der Waals surface area contributed by atoms with Crippen LogP contribution >= 0.6 is 0 Å². The minimum Gasteiger partial charge on any atom is -0.391 e. The summed E-state index contributed by atoms with van der Waals surface area (Å²) in [5, 5.41) is 43.9. The maximum Gasteiger partial charge on any atom is 0.0715 e. The van der Waals surface area contributed by atoms with E-state index in [1.54, 1.807) is 0 Å². The predicted octanol–water partition coefficient (Wildman–Crippen LogP) is 2.84. The molecule has 0 amide bonds. The molecule has 240 valence electrons. The fourth-order valence-corrected chi connectivity index (χ4v) is 4.38. The molecule has 1 rings (SSSR count). The van der Waals surface area contributed by atoms with Gasteiger partial charge in [0.1, 0.15) is 0 Å². The van der Waals surface area contributed by atoms with Crippen LogP contribution in [0.3, 0.4) is 0 Å². The molecule has 0 saturated carbocycles. The summed E-state index contributed by atoms with van der Waals surface area (Å²) in [5.41, 5.74) is -0.824. The van der Waals surface area contributed by atoms with Gasteiger partial charge in [-0.1, -0.05) is 83.1 Å². The highest BCUT2D eigenvalue weighted by Crippen LogP contribution is 2.23. The Morgan fingerprint density at radius 1 is 0.350 bits per heavy atom. The summed E-state index contributed by atoms with van der Waals surface area (Å²) >= 11 is 0. The molecule has 0 unspecified atom stereocenters. The minimum atomic E-state index is -0.447. The zero-order chi connectivity index (χ0) is 31.1. The van der Waals surface area contributed by atoms with Gasteiger partial charge in [-0.05, 0) is 21.7 Å². The maximum absolute atomic E-state index is 11.0. The van der Waals surface area contributed by atoms with Crippen molar-refractivity contribution >= 4 is 0 Å². The first-order valence-electron chi connectivity index (χ1n) is 15.6. The number of aliphatic hydroxyl groups is 4. The Balaban J connectivity index is 3.23. The van der Waals surface area contributed by atoms with Crippen LogP contribution in [0.1, 0.15) is 83.1 Å². The van der Waals surface area contributed by atoms with E-state index < -0.39 is 24.4 Å². The van der Waals surface area contributed by atoms with E-state index in [0.29, 0.717) is 26.2 Å². The average Bonchev–Trinajstić information content (AvgIpc) is 2.77. The molecule has 0 aliphatic carbocycles. The Kier molecular flexibility index (Phi) is 14.5. The van der Waals surface area contributed by atoms with E-state index in [9.17, 15) is 20.4 Å². The number of nitrogens with zero attached hydrogens (tertiary/aromatic N) is 4. The third kappa shape index (κ3) is 14.2. The van der Waals surface area contributed by atoms with Crippen LogP contribution in [0.4, 0.5) is 0 Å². The van der Waals surface area contributed by atoms with Crippen molar-refractivity contribution < 1.29 is 20.4 Å². The fourth-order valence-electron chi connectivity index (χ4n) is 4.38. The number of hydrogen-bond donors (Lipinski definition) is 4. The molecule has 4 N–H and O–H groups in total. The predicted molar refractivity (Wildman–Crippen MR) is 168 cm³/mol. The molecule has 0 radical (unpaired) electrons. The summed E-state index contributed by atoms with van der Waals surface area (Å²) in [4.78, 5) is 9.41. The highest BCUT2D eigenvalue weighted by molar-refractivity contribution is 4.84. The second-order valence-electron chi connectivity index (χ2n) is 16.7. The summed E-state index contributed by atoms with van der Waals surface area (Å²) in [6.45, 7) is 33.7. The normalized spacial score (nSPS) is 22.8. The summed E-state index contributed by atoms with van der Waals surface area (Å²) < 4.78 is 0. The Hall–Kier alpha value is -0.320. The molecule has 1 aliphatic rings. The van der Waals surface area contributed by atoms with E-state index in [2.05, 4.69) is 103 Å². The van der Waals surface area contributed by atoms with Gasteiger partial charge in [-0.25, -0.2) is 0 Å². The number of aliphatic hydroxyl groups excluding tert-OH is 4. The molecule has 1 fully saturated rings. The second kappa shape index (κ2) is 15.4. The number of rotatable bonds is 8. The zero-order valence-electron chi connectivity index (χ0n) is 28.4. The lowest BCUT2D eigenvalue weighted by molar-refractivity contribution is -0.00758. The Morgan fingerprint density at radius 3 is 0.575 bits per heavy atom. The molecule has 0 aromatic heterocycles. The topological polar surface area (TPSA) is 93.9 Å². The third-order valence-electron chi connectivity index (χ3n) is 8.65. The van der Waals surface area contributed by atoms with Crippen molar-refractivity contribution in [1.82, 2.24) is 19.6 Å². The van der Waals surface area contributed by atoms with Crippen molar-refractivity contribution in [2.75, 3.05) is 78.5 Å². The van der Waals surface area contributed by atoms with E-state index >= 15 is 0 Å². The second-order valence-corrected chi connectivity index (χ2v) is 16.7. The van der Waals surface area contributed by atoms with Crippen molar-refractivity contribution in [1.29, 1.82) is 0 Å². The summed E-state index contributed by atoms with van der Waals surface area (Å²) in [6.07, 6.45) is -1.79. The van der Waals surface area contributed by atoms with Gasteiger partial charge >= 0.3 is 0 Å². The van der Waals surface area contributed by atoms with Crippen LogP contribution in [0, 0.1) is 21.7 Å². The highest BCUT2D eigenvalue weighted by atomic mass is 16.3. The van der Waals surface area contributed by atoms with Gasteiger partial charge in [0.05, 0.1) is 24.4 Å². The van der Waals surface area contributed by atoms with E-state index in [-0.39, 0.29) is 21.7 Å². The van der Waals surface area contributed by atoms with Crippen LogP contribution < -0.4 is 0 Å². The van der Waals surface area contributed by atoms with Crippen LogP contribution in [0.2, 0.25) is 0 Å². The first-order valence-corrected chi connectivity index (χ1v) is 15.6. The summed E-state index contributed by atoms with van der Waals surface area (Å²) in [5.74, 6) is 0. The molecule has 0 aromatic rings. The third-order valence-corrected chi connectivity index (χ3v) is 8.65. The molecule has 1 aliphatic heterocycles. The lowest BCUT2D eigenvalue weighted by Gasteiger charge is -2.39. The molecule has 40 heavy (non-hydrogen) atoms. The van der Waals surface area contributed by atoms with E-state index in [4.69, 9.17) is 0 Å². The van der Waals surface area contributed by atoms with Crippen LogP contribution in [0.5, 0.6) is 0 Å². The summed E-state index contributed by atoms with van der Waals surface area (Å²) in [7, 11) is 0. The van der Waals surface area contributed by atoms with E-state index in [1.807, 2.05) is 0 Å². The Labute approximate surface area is 247 Å². The number of hydrogen-bond acceptors (Lipinski definition) is 8. The molecular formula is C32H68N4O4. The Bertz CT molecular complexity index is 572. The molecule has 4 atom stereocenters. The lowest BCUT2D eigenvalue weighted by atomic mass is 9.88. The number of β-amino-alcohol motifs (C(OH)–C–C–N with tert-alkyl or cyclic N) is 4. The fraction of sp³-hybridized carbons (Fsp3) is 1.00. The maximum atomic E-state index is 11.0. The van der Waals surface area contributed by atoms with Crippen LogP contribution in [0.15, 0.2) is 0 Å². The van der Waals surface area contributed by atoms with Gasteiger partial charge in [-0.2, -0.15) is 0 Å². The molecule has 1 heterocycles. The quantitative estimate of drug-likeness (QED) is 0.353. The van der Waals surface area contributed by atoms with Gasteiger partial charge in [0.2, 0.25) is 0 Å². The minimum absolute atomic E-state index is 0.206. The van der Waals surface area contributed by atoms with Crippen LogP contribution in [0.25, 0.3) is 0 Å². The van der Waals surface area contributed by atoms with E-state index in [1.165, 1.54) is 0 Å². The first kappa shape index (κ1) is 37.7. The summed E-state index contributed by atoms with van der Waals surface area (Å²) in [6, 6.07) is 0. The Morgan fingerprint density at radius 2 is 0.475 bits per heavy atom. The monoisotopic (exact) mass is 573 g/mol. The standard InChI is InChI=1S/C32H68N4O4/c1-29(2,3)25(37)21-33-13-15-34(22-26(38)30(4,5)6)17-19-36(24-28(40)32(10,11)12)20-18-35(16-14-33)23-27(39)31(7,8)9/h25-28,37-40H,13-24H2,1-12H3/t25-,26-,27+,28+. The zero-order valence-corrected chi connectivity index (χ0v) is 28.4. The molecular weight excluding hydrogens is 504 g/mol. The molecule has 8 heteroatoms. The van der Waals surface area contributed by atoms with Crippen molar-refractivity contribution in [2.45, 2.75) is 108 Å². The van der Waals surface area contributed by atoms with E-state index in [0.717, 1.165) is 52.4 Å². The lowest BCUT2D eigenvalue weighted by Crippen LogP contribution is -2.52. The van der Waals surface area contributed by atoms with Gasteiger partial charge in [0.15, 0.2) is 0 Å². The van der Waals surface area contributed by atoms with Gasteiger partial charge in [0, 0.05) is 78.5 Å². The van der Waals surface area contributed by atoms with Crippen molar-refractivity contribution in [3.63, 3.8) is 0 Å². The highest BCUT2D eigenvalue weighted by Gasteiger charge is 2.30. The van der Waals surface area contributed by atoms with Gasteiger partial charge in [-0.15, -0.1) is 0 Å². The molecule has 0 aromatic carbocycles. The van der Waals surface area contributed by atoms with Gasteiger partial charge in [-0.3, -0.25) is 19.6 Å².